The lowest BCUT2D eigenvalue weighted by atomic mass is 10.1. The molecule has 90 valence electrons. The zero-order valence-electron chi connectivity index (χ0n) is 9.84. The maximum Gasteiger partial charge on any atom is 0.333 e. The van der Waals surface area contributed by atoms with E-state index in [-0.39, 0.29) is 6.61 Å². The van der Waals surface area contributed by atoms with E-state index in [0.29, 0.717) is 17.7 Å². The van der Waals surface area contributed by atoms with E-state index in [1.807, 2.05) is 0 Å². The molecule has 2 N–H and O–H groups in total. The predicted molar refractivity (Wildman–Crippen MR) is 65.4 cm³/mol. The fourth-order valence-electron chi connectivity index (χ4n) is 1.10. The minimum atomic E-state index is -0.392. The fraction of sp³-hybridized carbons (Fsp3) is 0.583. The van der Waals surface area contributed by atoms with Gasteiger partial charge >= 0.3 is 5.97 Å². The first-order valence-corrected chi connectivity index (χ1v) is 5.45. The summed E-state index contributed by atoms with van der Waals surface area (Å²) in [5.74, 6) is -0.392. The smallest absolute Gasteiger partial charge is 0.333 e. The van der Waals surface area contributed by atoms with Gasteiger partial charge < -0.3 is 15.6 Å². The number of carbonyl (C=O) groups is 1. The van der Waals surface area contributed by atoms with Gasteiger partial charge in [-0.1, -0.05) is 6.58 Å². The van der Waals surface area contributed by atoms with Crippen LogP contribution in [0.5, 0.6) is 0 Å². The summed E-state index contributed by atoms with van der Waals surface area (Å²) >= 11 is 0. The molecule has 16 heavy (non-hydrogen) atoms. The molecule has 0 bridgehead atoms. The number of esters is 1. The lowest BCUT2D eigenvalue weighted by Crippen LogP contribution is -2.09. The third-order valence-electron chi connectivity index (χ3n) is 2.06. The summed E-state index contributed by atoms with van der Waals surface area (Å²) in [5, 5.41) is 14.4. The van der Waals surface area contributed by atoms with Crippen LogP contribution in [0.3, 0.4) is 0 Å². The van der Waals surface area contributed by atoms with Crippen molar-refractivity contribution in [1.29, 1.82) is 10.8 Å². The Morgan fingerprint density at radius 3 is 2.62 bits per heavy atom. The van der Waals surface area contributed by atoms with E-state index >= 15 is 0 Å². The minimum Gasteiger partial charge on any atom is -0.462 e. The van der Waals surface area contributed by atoms with Crippen molar-refractivity contribution in [2.24, 2.45) is 0 Å². The molecule has 0 aromatic carbocycles. The van der Waals surface area contributed by atoms with Crippen molar-refractivity contribution in [3.63, 3.8) is 0 Å². The summed E-state index contributed by atoms with van der Waals surface area (Å²) in [6, 6.07) is 0. The summed E-state index contributed by atoms with van der Waals surface area (Å²) in [7, 11) is 0. The number of unbranched alkanes of at least 4 members (excludes halogenated alkanes) is 2. The average Bonchev–Trinajstić information content (AvgIpc) is 2.24. The minimum absolute atomic E-state index is 0.259. The lowest BCUT2D eigenvalue weighted by molar-refractivity contribution is -0.138. The van der Waals surface area contributed by atoms with E-state index in [1.165, 1.54) is 6.21 Å². The summed E-state index contributed by atoms with van der Waals surface area (Å²) in [4.78, 5) is 11.0. The first kappa shape index (κ1) is 14.6. The highest BCUT2D eigenvalue weighted by molar-refractivity contribution is 5.87. The molecule has 0 fully saturated rings. The Morgan fingerprint density at radius 1 is 1.38 bits per heavy atom. The van der Waals surface area contributed by atoms with Crippen molar-refractivity contribution in [1.82, 2.24) is 0 Å². The van der Waals surface area contributed by atoms with Gasteiger partial charge in [-0.3, -0.25) is 0 Å². The summed E-state index contributed by atoms with van der Waals surface area (Å²) in [5.41, 5.74) is 0.983. The van der Waals surface area contributed by atoms with Crippen LogP contribution in [0.1, 0.15) is 39.0 Å². The average molecular weight is 224 g/mol. The summed E-state index contributed by atoms with van der Waals surface area (Å²) in [6.07, 6.45) is 5.23. The van der Waals surface area contributed by atoms with Crippen molar-refractivity contribution in [2.45, 2.75) is 39.0 Å². The van der Waals surface area contributed by atoms with Gasteiger partial charge in [0.15, 0.2) is 0 Å². The molecule has 0 aliphatic rings. The highest BCUT2D eigenvalue weighted by Gasteiger charge is 2.03. The van der Waals surface area contributed by atoms with Gasteiger partial charge in [-0.25, -0.2) is 4.79 Å². The van der Waals surface area contributed by atoms with Crippen LogP contribution >= 0.6 is 0 Å². The van der Waals surface area contributed by atoms with Gasteiger partial charge in [0, 0.05) is 17.7 Å². The van der Waals surface area contributed by atoms with Crippen LogP contribution in [0.2, 0.25) is 0 Å². The van der Waals surface area contributed by atoms with Crippen LogP contribution in [0.15, 0.2) is 12.2 Å². The first-order chi connectivity index (χ1) is 7.57. The van der Waals surface area contributed by atoms with Crippen LogP contribution in [0.4, 0.5) is 0 Å². The molecule has 0 aromatic rings. The van der Waals surface area contributed by atoms with Crippen molar-refractivity contribution < 1.29 is 9.53 Å². The second-order valence-corrected chi connectivity index (χ2v) is 3.72. The standard InChI is InChI=1S/C12H20N2O2/c1-10(2)12(15)16-9-7-11(14)6-4-3-5-8-13/h8,13-14H,1,3-7,9H2,2H3. The van der Waals surface area contributed by atoms with E-state index in [1.54, 1.807) is 6.92 Å². The summed E-state index contributed by atoms with van der Waals surface area (Å²) in [6.45, 7) is 5.33. The first-order valence-electron chi connectivity index (χ1n) is 5.45. The number of nitrogens with one attached hydrogen (secondary N) is 2. The maximum atomic E-state index is 11.0. The number of ether oxygens (including phenoxy) is 1. The lowest BCUT2D eigenvalue weighted by Gasteiger charge is -2.05. The van der Waals surface area contributed by atoms with Gasteiger partial charge in [0.05, 0.1) is 6.61 Å². The second kappa shape index (κ2) is 8.83. The molecular weight excluding hydrogens is 204 g/mol. The maximum absolute atomic E-state index is 11.0. The van der Waals surface area contributed by atoms with Crippen molar-refractivity contribution in [3.05, 3.63) is 12.2 Å². The van der Waals surface area contributed by atoms with Gasteiger partial charge in [-0.15, -0.1) is 0 Å². The van der Waals surface area contributed by atoms with E-state index < -0.39 is 5.97 Å². The Bertz CT molecular complexity index is 272. The Hall–Kier alpha value is -1.45. The molecule has 0 aliphatic heterocycles. The molecule has 0 rings (SSSR count). The molecule has 4 heteroatoms. The molecule has 0 unspecified atom stereocenters. The zero-order chi connectivity index (χ0) is 12.4. The van der Waals surface area contributed by atoms with Crippen molar-refractivity contribution >= 4 is 17.9 Å². The fourth-order valence-corrected chi connectivity index (χ4v) is 1.10. The van der Waals surface area contributed by atoms with E-state index in [9.17, 15) is 4.79 Å². The SMILES string of the molecule is C=C(C)C(=O)OCCC(=N)CCCCC=N. The van der Waals surface area contributed by atoms with Gasteiger partial charge in [-0.2, -0.15) is 0 Å². The van der Waals surface area contributed by atoms with Crippen molar-refractivity contribution in [3.8, 4) is 0 Å². The summed E-state index contributed by atoms with van der Waals surface area (Å²) < 4.78 is 4.89. The molecule has 0 aromatic heterocycles. The number of carbonyl (C=O) groups excluding carboxylic acids is 1. The molecule has 0 radical (unpaired) electrons. The van der Waals surface area contributed by atoms with E-state index in [4.69, 9.17) is 15.6 Å². The zero-order valence-corrected chi connectivity index (χ0v) is 9.84. The molecule has 0 amide bonds. The molecule has 4 nitrogen and oxygen atoms in total. The third kappa shape index (κ3) is 7.91. The quantitative estimate of drug-likeness (QED) is 0.273. The molecule has 0 aliphatic carbocycles. The Balaban J connectivity index is 3.47. The third-order valence-corrected chi connectivity index (χ3v) is 2.06. The number of hydrogen-bond acceptors (Lipinski definition) is 4. The van der Waals surface area contributed by atoms with Gasteiger partial charge in [0.2, 0.25) is 0 Å². The Labute approximate surface area is 96.7 Å². The van der Waals surface area contributed by atoms with Gasteiger partial charge in [0.25, 0.3) is 0 Å². The van der Waals surface area contributed by atoms with Gasteiger partial charge in [-0.05, 0) is 38.8 Å². The van der Waals surface area contributed by atoms with E-state index in [0.717, 1.165) is 25.7 Å². The van der Waals surface area contributed by atoms with Crippen LogP contribution < -0.4 is 0 Å². The molecule has 0 saturated carbocycles. The number of rotatable bonds is 9. The molecule has 0 atom stereocenters. The number of hydrogen-bond donors (Lipinski definition) is 2. The largest absolute Gasteiger partial charge is 0.462 e. The highest BCUT2D eigenvalue weighted by Crippen LogP contribution is 2.02. The molecule has 0 spiro atoms. The Kier molecular flexibility index (Phi) is 8.03. The van der Waals surface area contributed by atoms with Crippen molar-refractivity contribution in [2.75, 3.05) is 6.61 Å². The van der Waals surface area contributed by atoms with Crippen LogP contribution in [-0.4, -0.2) is 24.5 Å². The van der Waals surface area contributed by atoms with Crippen LogP contribution in [-0.2, 0) is 9.53 Å². The Morgan fingerprint density at radius 2 is 2.06 bits per heavy atom. The molecule has 0 saturated heterocycles. The molecule has 0 heterocycles. The van der Waals surface area contributed by atoms with Crippen LogP contribution in [0, 0.1) is 10.8 Å². The van der Waals surface area contributed by atoms with Crippen LogP contribution in [0.25, 0.3) is 0 Å². The topological polar surface area (TPSA) is 74.0 Å². The second-order valence-electron chi connectivity index (χ2n) is 3.72. The predicted octanol–water partition coefficient (Wildman–Crippen LogP) is 2.73. The highest BCUT2D eigenvalue weighted by atomic mass is 16.5. The van der Waals surface area contributed by atoms with E-state index in [2.05, 4.69) is 6.58 Å². The van der Waals surface area contributed by atoms with Gasteiger partial charge in [0.1, 0.15) is 0 Å². The normalized spacial score (nSPS) is 9.56. The monoisotopic (exact) mass is 224 g/mol. The molecular formula is C12H20N2O2.